The Hall–Kier alpha value is -2.46. The molecule has 3 fully saturated rings. The maximum absolute atomic E-state index is 14.5. The number of pyridine rings is 1. The molecule has 18 atom stereocenters. The van der Waals surface area contributed by atoms with Gasteiger partial charge in [-0.15, -0.1) is 0 Å². The van der Waals surface area contributed by atoms with Crippen LogP contribution < -0.4 is 5.43 Å². The van der Waals surface area contributed by atoms with Gasteiger partial charge in [0.15, 0.2) is 16.7 Å². The van der Waals surface area contributed by atoms with E-state index in [0.29, 0.717) is 82.7 Å². The largest absolute Gasteiger partial charge is 0.477 e. The smallest absolute Gasteiger partial charge is 0.341 e. The number of nitrogens with zero attached hydrogens (tertiary/aromatic N) is 3. The first-order chi connectivity index (χ1) is 36.6. The second-order valence-electron chi connectivity index (χ2n) is 23.1. The van der Waals surface area contributed by atoms with Crippen LogP contribution in [0, 0.1) is 17.8 Å². The van der Waals surface area contributed by atoms with Gasteiger partial charge in [0, 0.05) is 83.1 Å². The van der Waals surface area contributed by atoms with Crippen LogP contribution >= 0.6 is 22.6 Å². The van der Waals surface area contributed by atoms with E-state index in [1.54, 1.807) is 38.5 Å². The number of carbonyl (C=O) groups is 2. The number of cyclic esters (lactones) is 1. The van der Waals surface area contributed by atoms with Crippen LogP contribution in [-0.4, -0.2) is 210 Å². The van der Waals surface area contributed by atoms with E-state index < -0.39 is 99.3 Å². The normalized spacial score (nSPS) is 37.0. The van der Waals surface area contributed by atoms with E-state index in [0.717, 1.165) is 5.56 Å². The predicted molar refractivity (Wildman–Crippen MR) is 302 cm³/mol. The summed E-state index contributed by atoms with van der Waals surface area (Å²) in [6, 6.07) is 4.97. The lowest BCUT2D eigenvalue weighted by molar-refractivity contribution is -0.320. The van der Waals surface area contributed by atoms with Gasteiger partial charge >= 0.3 is 11.9 Å². The number of hydrogen-bond donors (Lipinski definition) is 4. The summed E-state index contributed by atoms with van der Waals surface area (Å²) in [4.78, 5) is 43.1. The molecule has 5 rings (SSSR count). The molecule has 21 heteroatoms. The molecule has 0 amide bonds. The van der Waals surface area contributed by atoms with Gasteiger partial charge in [0.2, 0.25) is 5.43 Å². The number of aliphatic hydroxyl groups excluding tert-OH is 1. The van der Waals surface area contributed by atoms with Crippen LogP contribution in [-0.2, 0) is 65.1 Å². The number of benzene rings is 1. The molecule has 4 N–H and O–H groups in total. The first-order valence-corrected chi connectivity index (χ1v) is 29.1. The van der Waals surface area contributed by atoms with Crippen molar-refractivity contribution in [1.82, 2.24) is 14.4 Å². The molecule has 3 aliphatic heterocycles. The standard InChI is InChI=1S/C57H94IN3O17/c1-16-61-32-41(51(64)65)45(62)40-28-39(20-21-42(40)61)19-17-22-71-25-26-72-23-18-24-73-50-38(7)75-44(30-56(50,9)70-15)76-47-35(4)48(77-53-46(63)43(59(11)12)27-34(3)74-53)55(8,67)29-33(2)31-60(13)37(6)49(69-14)57(10,68)54(58)78-52(66)36(47)5/h20-21,28,32-38,43-44,46-50,53-54,63,67-68H,16-19,22-27,29-31H2,1-15H3,(H,64,65)/t33-,34-,35+,36-,37-,38+,43+,44+,46-,47+,48-,49-,50+,53+,54+,55-,56-,57+/m1/s1. The summed E-state index contributed by atoms with van der Waals surface area (Å²) in [5.74, 6) is -3.78. The Kier molecular flexibility index (Phi) is 24.8. The molecule has 0 unspecified atom stereocenters. The minimum atomic E-state index is -1.63. The lowest BCUT2D eigenvalue weighted by Crippen LogP contribution is -2.60. The van der Waals surface area contributed by atoms with Crippen LogP contribution in [0.15, 0.2) is 29.2 Å². The number of hydrogen-bond acceptors (Lipinski definition) is 18. The molecule has 4 heterocycles. The second-order valence-corrected chi connectivity index (χ2v) is 24.3. The molecule has 0 radical (unpaired) electrons. The molecule has 0 spiro atoms. The molecule has 0 aliphatic carbocycles. The zero-order valence-electron chi connectivity index (χ0n) is 49.0. The fourth-order valence-corrected chi connectivity index (χ4v) is 12.6. The highest BCUT2D eigenvalue weighted by molar-refractivity contribution is 14.1. The van der Waals surface area contributed by atoms with Crippen molar-refractivity contribution in [1.29, 1.82) is 0 Å². The zero-order valence-corrected chi connectivity index (χ0v) is 51.1. The van der Waals surface area contributed by atoms with E-state index in [2.05, 4.69) is 4.90 Å². The van der Waals surface area contributed by atoms with E-state index >= 15 is 0 Å². The number of aromatic nitrogens is 1. The summed E-state index contributed by atoms with van der Waals surface area (Å²) < 4.78 is 63.9. The third kappa shape index (κ3) is 16.4. The summed E-state index contributed by atoms with van der Waals surface area (Å²) in [6.07, 6.45) is -2.91. The highest BCUT2D eigenvalue weighted by atomic mass is 127. The minimum Gasteiger partial charge on any atom is -0.477 e. The third-order valence-electron chi connectivity index (χ3n) is 16.3. The predicted octanol–water partition coefficient (Wildman–Crippen LogP) is 5.65. The molecule has 0 saturated carbocycles. The number of rotatable bonds is 21. The second kappa shape index (κ2) is 29.2. The summed E-state index contributed by atoms with van der Waals surface area (Å²) >= 11 is 1.94. The Labute approximate surface area is 476 Å². The van der Waals surface area contributed by atoms with Crippen molar-refractivity contribution < 1.29 is 77.4 Å². The van der Waals surface area contributed by atoms with Crippen LogP contribution in [0.2, 0.25) is 0 Å². The topological polar surface area (TPSA) is 236 Å². The summed E-state index contributed by atoms with van der Waals surface area (Å²) in [7, 11) is 8.86. The number of ether oxygens (including phenoxy) is 10. The molecule has 20 nitrogen and oxygen atoms in total. The lowest BCUT2D eigenvalue weighted by atomic mass is 9.77. The molecule has 78 heavy (non-hydrogen) atoms. The van der Waals surface area contributed by atoms with Crippen LogP contribution in [0.4, 0.5) is 0 Å². The third-order valence-corrected chi connectivity index (χ3v) is 17.9. The summed E-state index contributed by atoms with van der Waals surface area (Å²) in [5, 5.41) is 46.5. The van der Waals surface area contributed by atoms with Gasteiger partial charge in [-0.05, 0) is 155 Å². The number of carboxylic acids is 1. The number of halogens is 1. The molecule has 2 aromatic rings. The maximum atomic E-state index is 14.5. The number of carboxylic acid groups (broad SMARTS) is 1. The Morgan fingerprint density at radius 1 is 0.897 bits per heavy atom. The molecule has 1 aromatic carbocycles. The minimum absolute atomic E-state index is 0.119. The highest BCUT2D eigenvalue weighted by Gasteiger charge is 2.53. The van der Waals surface area contributed by atoms with Crippen molar-refractivity contribution >= 4 is 45.4 Å². The molecule has 3 saturated heterocycles. The van der Waals surface area contributed by atoms with Gasteiger partial charge in [-0.25, -0.2) is 4.79 Å². The zero-order chi connectivity index (χ0) is 58.0. The molecular formula is C57H94IN3O17. The van der Waals surface area contributed by atoms with Gasteiger partial charge in [-0.1, -0.05) is 19.9 Å². The van der Waals surface area contributed by atoms with Gasteiger partial charge in [-0.3, -0.25) is 9.59 Å². The molecule has 1 aromatic heterocycles. The number of methoxy groups -OCH3 is 2. The molecule has 0 bridgehead atoms. The fraction of sp³-hybridized carbons (Fsp3) is 0.807. The van der Waals surface area contributed by atoms with Crippen molar-refractivity contribution in [3.63, 3.8) is 0 Å². The molecular weight excluding hydrogens is 1130 g/mol. The number of carbonyl (C=O) groups excluding carboxylic acids is 1. The maximum Gasteiger partial charge on any atom is 0.341 e. The number of alkyl halides is 1. The average molecular weight is 1220 g/mol. The highest BCUT2D eigenvalue weighted by Crippen LogP contribution is 2.41. The number of esters is 1. The van der Waals surface area contributed by atoms with Crippen LogP contribution in [0.1, 0.15) is 117 Å². The van der Waals surface area contributed by atoms with Crippen molar-refractivity contribution in [3.05, 3.63) is 45.7 Å². The van der Waals surface area contributed by atoms with Gasteiger partial charge in [0.1, 0.15) is 29.5 Å². The van der Waals surface area contributed by atoms with Crippen LogP contribution in [0.25, 0.3) is 10.9 Å². The number of fused-ring (bicyclic) bond motifs is 1. The number of aliphatic hydroxyl groups is 3. The lowest BCUT2D eigenvalue weighted by Gasteiger charge is -2.49. The fourth-order valence-electron chi connectivity index (χ4n) is 12.0. The first kappa shape index (κ1) is 66.3. The summed E-state index contributed by atoms with van der Waals surface area (Å²) in [5.41, 5.74) is -3.20. The van der Waals surface area contributed by atoms with Crippen LogP contribution in [0.3, 0.4) is 0 Å². The van der Waals surface area contributed by atoms with Crippen molar-refractivity contribution in [2.75, 3.05) is 74.9 Å². The van der Waals surface area contributed by atoms with Crippen molar-refractivity contribution in [3.8, 4) is 0 Å². The van der Waals surface area contributed by atoms with E-state index in [-0.39, 0.29) is 42.5 Å². The number of aromatic carboxylic acids is 1. The Morgan fingerprint density at radius 2 is 1.56 bits per heavy atom. The van der Waals surface area contributed by atoms with Crippen LogP contribution in [0.5, 0.6) is 0 Å². The monoisotopic (exact) mass is 1220 g/mol. The van der Waals surface area contributed by atoms with E-state index in [9.17, 15) is 34.8 Å². The van der Waals surface area contributed by atoms with E-state index in [1.807, 2.05) is 109 Å². The number of aryl methyl sites for hydroxylation is 2. The number of likely N-dealkylation sites (N-methyl/N-ethyl adjacent to an activating group) is 2. The van der Waals surface area contributed by atoms with Gasteiger partial charge in [0.25, 0.3) is 0 Å². The van der Waals surface area contributed by atoms with Crippen molar-refractivity contribution in [2.45, 2.75) is 203 Å². The van der Waals surface area contributed by atoms with Gasteiger partial charge < -0.3 is 82.2 Å². The Morgan fingerprint density at radius 3 is 2.18 bits per heavy atom. The van der Waals surface area contributed by atoms with Gasteiger partial charge in [-0.2, -0.15) is 0 Å². The SMILES string of the molecule is CCn1cc(C(=O)O)c(=O)c2cc(CCCOCCOCCCO[C@H]3[C@H](C)O[C@@H](O[C@H]4[C@H](C)[C@@H](O[C@@H]5O[C@H](C)C[C@H](N(C)C)[C@H]5O)[C@](C)(O)C[C@@H](C)CN(C)[C@H](C)[C@@H](OC)[C@](C)(O)[C@@H](I)OC(=O)[C@@H]4C)C[C@@]3(C)OC)ccc21. The van der Waals surface area contributed by atoms with E-state index in [4.69, 9.17) is 47.4 Å². The first-order valence-electron chi connectivity index (χ1n) is 27.8. The molecule has 446 valence electrons. The Balaban J connectivity index is 1.24. The van der Waals surface area contributed by atoms with E-state index in [1.165, 1.54) is 13.3 Å². The average Bonchev–Trinajstić information content (AvgIpc) is 3.47. The quantitative estimate of drug-likeness (QED) is 0.0511. The van der Waals surface area contributed by atoms with Gasteiger partial charge in [0.05, 0.1) is 60.3 Å². The van der Waals surface area contributed by atoms with Crippen molar-refractivity contribution in [2.24, 2.45) is 17.8 Å². The Bertz CT molecular complexity index is 2290. The molecule has 3 aliphatic rings. The summed E-state index contributed by atoms with van der Waals surface area (Å²) in [6.45, 7) is 21.6.